The van der Waals surface area contributed by atoms with Gasteiger partial charge in [-0.2, -0.15) is 12.6 Å². The van der Waals surface area contributed by atoms with Gasteiger partial charge in [-0.3, -0.25) is 33.6 Å². The fourth-order valence-corrected chi connectivity index (χ4v) is 4.37. The van der Waals surface area contributed by atoms with Crippen LogP contribution in [0.15, 0.2) is 12.5 Å². The van der Waals surface area contributed by atoms with Gasteiger partial charge in [0, 0.05) is 37.5 Å². The molecule has 1 aliphatic heterocycles. The van der Waals surface area contributed by atoms with E-state index < -0.39 is 78.7 Å². The average molecular weight is 599 g/mol. The van der Waals surface area contributed by atoms with Gasteiger partial charge in [0.05, 0.1) is 19.4 Å². The van der Waals surface area contributed by atoms with E-state index in [-0.39, 0.29) is 18.1 Å². The monoisotopic (exact) mass is 598 g/mol. The van der Waals surface area contributed by atoms with Crippen LogP contribution in [-0.2, 0) is 40.0 Å². The Labute approximate surface area is 239 Å². The van der Waals surface area contributed by atoms with Crippen molar-refractivity contribution in [2.24, 2.45) is 5.73 Å². The zero-order chi connectivity index (χ0) is 30.7. The lowest BCUT2D eigenvalue weighted by molar-refractivity contribution is -0.140. The molecule has 41 heavy (non-hydrogen) atoms. The van der Waals surface area contributed by atoms with Crippen molar-refractivity contribution in [3.05, 3.63) is 18.2 Å². The van der Waals surface area contributed by atoms with Crippen LogP contribution in [0.2, 0.25) is 0 Å². The molecule has 1 saturated heterocycles. The number of aromatic amines is 1. The predicted molar refractivity (Wildman–Crippen MR) is 143 cm³/mol. The van der Waals surface area contributed by atoms with Gasteiger partial charge in [-0.25, -0.2) is 4.98 Å². The summed E-state index contributed by atoms with van der Waals surface area (Å²) in [6.07, 6.45) is 2.95. The number of imidazole rings is 1. The molecule has 18 heteroatoms. The highest BCUT2D eigenvalue weighted by molar-refractivity contribution is 7.80. The zero-order valence-electron chi connectivity index (χ0n) is 22.2. The number of hydrogen-bond acceptors (Lipinski definition) is 10. The van der Waals surface area contributed by atoms with Gasteiger partial charge >= 0.3 is 5.97 Å². The van der Waals surface area contributed by atoms with E-state index in [0.717, 1.165) is 0 Å². The maximum Gasteiger partial charge on any atom is 0.305 e. The SMILES string of the molecule is CC(=O)N1CCCC1C(=O)NC(Cc1cnc[nH]1)C(=O)NC(CO)C(=O)NC(CS)C(=O)NC(CC(=O)O)C(N)=O. The van der Waals surface area contributed by atoms with Crippen molar-refractivity contribution in [3.8, 4) is 0 Å². The molecule has 6 amide bonds. The summed E-state index contributed by atoms with van der Waals surface area (Å²) in [4.78, 5) is 93.9. The van der Waals surface area contributed by atoms with Gasteiger partial charge in [0.2, 0.25) is 35.4 Å². The lowest BCUT2D eigenvalue weighted by Gasteiger charge is -2.27. The van der Waals surface area contributed by atoms with E-state index in [0.29, 0.717) is 25.1 Å². The molecule has 2 rings (SSSR count). The third-order valence-corrected chi connectivity index (χ3v) is 6.61. The number of carboxylic acids is 1. The lowest BCUT2D eigenvalue weighted by atomic mass is 10.1. The minimum atomic E-state index is -1.58. The summed E-state index contributed by atoms with van der Waals surface area (Å²) in [7, 11) is 0. The molecule has 17 nitrogen and oxygen atoms in total. The molecule has 0 spiro atoms. The number of primary amides is 1. The van der Waals surface area contributed by atoms with Crippen molar-refractivity contribution < 1.29 is 43.8 Å². The molecule has 1 fully saturated rings. The van der Waals surface area contributed by atoms with Gasteiger partial charge in [0.25, 0.3) is 0 Å². The zero-order valence-corrected chi connectivity index (χ0v) is 23.1. The number of thiol groups is 1. The Morgan fingerprint density at radius 1 is 1.05 bits per heavy atom. The highest BCUT2D eigenvalue weighted by Gasteiger charge is 2.36. The topological polar surface area (TPSA) is 266 Å². The van der Waals surface area contributed by atoms with Gasteiger partial charge in [0.1, 0.15) is 30.2 Å². The van der Waals surface area contributed by atoms with Crippen LogP contribution >= 0.6 is 12.6 Å². The van der Waals surface area contributed by atoms with Crippen LogP contribution in [0.3, 0.4) is 0 Å². The molecule has 5 atom stereocenters. The number of carboxylic acid groups (broad SMARTS) is 1. The number of nitrogens with zero attached hydrogens (tertiary/aromatic N) is 2. The second-order valence-electron chi connectivity index (χ2n) is 9.26. The summed E-state index contributed by atoms with van der Waals surface area (Å²) in [5, 5.41) is 28.0. The number of likely N-dealkylation sites (tertiary alicyclic amines) is 1. The van der Waals surface area contributed by atoms with Crippen molar-refractivity contribution in [2.45, 2.75) is 62.8 Å². The fourth-order valence-electron chi connectivity index (χ4n) is 4.11. The van der Waals surface area contributed by atoms with Crippen LogP contribution in [0, 0.1) is 0 Å². The van der Waals surface area contributed by atoms with E-state index in [1.807, 2.05) is 0 Å². The maximum atomic E-state index is 13.2. The van der Waals surface area contributed by atoms with Gasteiger partial charge in [-0.05, 0) is 12.8 Å². The number of nitrogens with two attached hydrogens (primary N) is 1. The van der Waals surface area contributed by atoms with E-state index in [1.165, 1.54) is 24.3 Å². The van der Waals surface area contributed by atoms with Gasteiger partial charge in [0.15, 0.2) is 0 Å². The molecule has 1 aliphatic rings. The fraction of sp³-hybridized carbons (Fsp3) is 0.565. The minimum absolute atomic E-state index is 0.0656. The number of aliphatic hydroxyl groups is 1. The van der Waals surface area contributed by atoms with Gasteiger partial charge < -0.3 is 47.1 Å². The van der Waals surface area contributed by atoms with Crippen molar-refractivity contribution in [1.29, 1.82) is 0 Å². The summed E-state index contributed by atoms with van der Waals surface area (Å²) in [5.41, 5.74) is 5.59. The second kappa shape index (κ2) is 15.6. The Balaban J connectivity index is 2.11. The molecule has 1 aromatic rings. The second-order valence-corrected chi connectivity index (χ2v) is 9.63. The molecule has 2 heterocycles. The summed E-state index contributed by atoms with van der Waals surface area (Å²) < 4.78 is 0. The number of aromatic nitrogens is 2. The molecule has 0 radical (unpaired) electrons. The molecular formula is C23H34N8O9S. The summed E-state index contributed by atoms with van der Waals surface area (Å²) >= 11 is 3.98. The third-order valence-electron chi connectivity index (χ3n) is 6.24. The predicted octanol–water partition coefficient (Wildman–Crippen LogP) is -4.22. The molecular weight excluding hydrogens is 564 g/mol. The number of hydrogen-bond donors (Lipinski definition) is 9. The number of H-pyrrole nitrogens is 1. The Kier molecular flexibility index (Phi) is 12.5. The van der Waals surface area contributed by atoms with E-state index in [4.69, 9.17) is 10.8 Å². The van der Waals surface area contributed by atoms with Crippen LogP contribution in [0.1, 0.15) is 31.9 Å². The standard InChI is InChI=1S/C23H34N8O9S/c1-11(33)31-4-2-3-17(31)23(40)28-14(5-12-7-25-10-26-12)20(37)29-15(8-32)21(38)30-16(9-41)22(39)27-13(19(24)36)6-18(34)35/h7,10,13-17,32,41H,2-6,8-9H2,1H3,(H2,24,36)(H,25,26)(H,27,39)(H,28,40)(H,29,37)(H,30,38)(H,34,35). The first-order valence-electron chi connectivity index (χ1n) is 12.6. The van der Waals surface area contributed by atoms with Crippen LogP contribution in [0.5, 0.6) is 0 Å². The van der Waals surface area contributed by atoms with E-state index in [2.05, 4.69) is 43.9 Å². The van der Waals surface area contributed by atoms with E-state index in [9.17, 15) is 38.7 Å². The quantitative estimate of drug-likeness (QED) is 0.0878. The molecule has 1 aromatic heterocycles. The van der Waals surface area contributed by atoms with E-state index >= 15 is 0 Å². The average Bonchev–Trinajstić information content (AvgIpc) is 3.61. The number of carbonyl (C=O) groups excluding carboxylic acids is 6. The molecule has 9 N–H and O–H groups in total. The smallest absolute Gasteiger partial charge is 0.305 e. The minimum Gasteiger partial charge on any atom is -0.481 e. The maximum absolute atomic E-state index is 13.2. The van der Waals surface area contributed by atoms with Crippen LogP contribution in [0.4, 0.5) is 0 Å². The first kappa shape index (κ1) is 33.0. The molecule has 0 saturated carbocycles. The largest absolute Gasteiger partial charge is 0.481 e. The first-order valence-corrected chi connectivity index (χ1v) is 13.2. The van der Waals surface area contributed by atoms with Crippen LogP contribution in [-0.4, -0.2) is 116 Å². The number of rotatable bonds is 15. The Bertz CT molecular complexity index is 1130. The van der Waals surface area contributed by atoms with Crippen molar-refractivity contribution in [2.75, 3.05) is 18.9 Å². The van der Waals surface area contributed by atoms with Crippen molar-refractivity contribution in [3.63, 3.8) is 0 Å². The number of aliphatic hydroxyl groups excluding tert-OH is 1. The van der Waals surface area contributed by atoms with Crippen molar-refractivity contribution in [1.82, 2.24) is 36.1 Å². The van der Waals surface area contributed by atoms with E-state index in [1.54, 1.807) is 0 Å². The molecule has 0 aliphatic carbocycles. The molecule has 5 unspecified atom stereocenters. The number of aliphatic carboxylic acids is 1. The van der Waals surface area contributed by atoms with Gasteiger partial charge in [-0.15, -0.1) is 0 Å². The summed E-state index contributed by atoms with van der Waals surface area (Å²) in [6.45, 7) is 0.838. The normalized spacial score (nSPS) is 17.4. The lowest BCUT2D eigenvalue weighted by Crippen LogP contribution is -2.60. The number of nitrogens with one attached hydrogen (secondary N) is 5. The van der Waals surface area contributed by atoms with Gasteiger partial charge in [-0.1, -0.05) is 0 Å². The number of carbonyl (C=O) groups is 7. The van der Waals surface area contributed by atoms with Crippen LogP contribution in [0.25, 0.3) is 0 Å². The Morgan fingerprint density at radius 2 is 1.66 bits per heavy atom. The Hall–Kier alpha value is -4.19. The molecule has 0 aromatic carbocycles. The third kappa shape index (κ3) is 9.75. The summed E-state index contributed by atoms with van der Waals surface area (Å²) in [5.74, 6) is -6.50. The number of amides is 6. The summed E-state index contributed by atoms with van der Waals surface area (Å²) in [6, 6.07) is -6.55. The highest BCUT2D eigenvalue weighted by Crippen LogP contribution is 2.17. The van der Waals surface area contributed by atoms with Crippen molar-refractivity contribution >= 4 is 54.0 Å². The highest BCUT2D eigenvalue weighted by atomic mass is 32.1. The Morgan fingerprint density at radius 3 is 2.20 bits per heavy atom. The molecule has 0 bridgehead atoms. The first-order chi connectivity index (χ1) is 19.4. The molecule has 226 valence electrons. The van der Waals surface area contributed by atoms with Crippen LogP contribution < -0.4 is 27.0 Å².